The average Bonchev–Trinajstić information content (AvgIpc) is 3.79. The second-order valence-electron chi connectivity index (χ2n) is 8.75. The molecule has 2 fully saturated rings. The van der Waals surface area contributed by atoms with Gasteiger partial charge in [-0.3, -0.25) is 9.79 Å². The van der Waals surface area contributed by atoms with Crippen molar-refractivity contribution in [2.24, 2.45) is 4.99 Å². The maximum Gasteiger partial charge on any atom is 0.273 e. The fraction of sp³-hybridized carbons (Fsp3) is 0.269. The van der Waals surface area contributed by atoms with Gasteiger partial charge in [-0.1, -0.05) is 18.7 Å². The first-order chi connectivity index (χ1) is 16.6. The van der Waals surface area contributed by atoms with E-state index in [9.17, 15) is 4.79 Å². The molecule has 0 radical (unpaired) electrons. The number of rotatable bonds is 9. The van der Waals surface area contributed by atoms with Gasteiger partial charge in [-0.15, -0.1) is 10.2 Å². The molecule has 3 aromatic rings. The van der Waals surface area contributed by atoms with Gasteiger partial charge in [0.25, 0.3) is 5.91 Å². The van der Waals surface area contributed by atoms with Crippen LogP contribution in [0.15, 0.2) is 72.3 Å². The molecule has 0 spiro atoms. The number of aliphatic imine (C=N–C) groups is 1. The van der Waals surface area contributed by atoms with E-state index in [1.807, 2.05) is 55.6 Å². The monoisotopic (exact) mass is 453 g/mol. The van der Waals surface area contributed by atoms with E-state index < -0.39 is 0 Å². The van der Waals surface area contributed by atoms with Crippen LogP contribution in [0.2, 0.25) is 0 Å². The number of pyridine rings is 1. The zero-order valence-electron chi connectivity index (χ0n) is 19.1. The zero-order chi connectivity index (χ0) is 23.5. The van der Waals surface area contributed by atoms with Crippen molar-refractivity contribution in [3.63, 3.8) is 0 Å². The smallest absolute Gasteiger partial charge is 0.273 e. The Balaban J connectivity index is 1.19. The van der Waals surface area contributed by atoms with Crippen molar-refractivity contribution in [3.8, 4) is 11.4 Å². The van der Waals surface area contributed by atoms with Gasteiger partial charge in [-0.25, -0.2) is 4.98 Å². The predicted octanol–water partition coefficient (Wildman–Crippen LogP) is 4.88. The Morgan fingerprint density at radius 3 is 2.79 bits per heavy atom. The molecule has 0 saturated heterocycles. The summed E-state index contributed by atoms with van der Waals surface area (Å²) in [5.41, 5.74) is 3.68. The number of carbonyl (C=O) groups is 1. The van der Waals surface area contributed by atoms with E-state index in [2.05, 4.69) is 42.0 Å². The Labute approximate surface area is 198 Å². The molecule has 8 heteroatoms. The fourth-order valence-corrected chi connectivity index (χ4v) is 3.55. The summed E-state index contributed by atoms with van der Waals surface area (Å²) in [6.45, 7) is 5.77. The summed E-state index contributed by atoms with van der Waals surface area (Å²) in [5, 5.41) is 14.5. The van der Waals surface area contributed by atoms with Crippen LogP contribution in [-0.2, 0) is 4.79 Å². The van der Waals surface area contributed by atoms with Crippen LogP contribution in [-0.4, -0.2) is 37.9 Å². The molecule has 2 saturated carbocycles. The molecule has 2 aliphatic carbocycles. The molecule has 0 bridgehead atoms. The maximum atomic E-state index is 12.6. The largest absolute Gasteiger partial charge is 0.367 e. The number of hydrogen-bond donors (Lipinski definition) is 2. The van der Waals surface area contributed by atoms with Gasteiger partial charge >= 0.3 is 0 Å². The van der Waals surface area contributed by atoms with Crippen molar-refractivity contribution < 1.29 is 4.79 Å². The van der Waals surface area contributed by atoms with Crippen LogP contribution < -0.4 is 10.6 Å². The van der Waals surface area contributed by atoms with E-state index in [4.69, 9.17) is 0 Å². The van der Waals surface area contributed by atoms with E-state index in [0.717, 1.165) is 41.2 Å². The first kappa shape index (κ1) is 21.8. The Bertz CT molecular complexity index is 1260. The van der Waals surface area contributed by atoms with Gasteiger partial charge in [0.05, 0.1) is 0 Å². The van der Waals surface area contributed by atoms with Gasteiger partial charge in [-0.2, -0.15) is 0 Å². The molecular weight excluding hydrogens is 426 g/mol. The molecule has 5 rings (SSSR count). The molecule has 0 aliphatic heterocycles. The van der Waals surface area contributed by atoms with Crippen LogP contribution in [0.25, 0.3) is 17.0 Å². The van der Waals surface area contributed by atoms with Crippen LogP contribution >= 0.6 is 0 Å². The number of nitrogens with one attached hydrogen (secondary N) is 2. The second-order valence-corrected chi connectivity index (χ2v) is 8.75. The minimum Gasteiger partial charge on any atom is -0.367 e. The van der Waals surface area contributed by atoms with Crippen molar-refractivity contribution in [2.45, 2.75) is 44.7 Å². The summed E-state index contributed by atoms with van der Waals surface area (Å²) >= 11 is 0. The number of carbonyl (C=O) groups excluding carboxylic acids is 1. The lowest BCUT2D eigenvalue weighted by molar-refractivity contribution is -0.112. The Morgan fingerprint density at radius 2 is 2.06 bits per heavy atom. The van der Waals surface area contributed by atoms with Crippen LogP contribution in [0.3, 0.4) is 0 Å². The molecule has 8 nitrogen and oxygen atoms in total. The third kappa shape index (κ3) is 5.28. The molecule has 0 unspecified atom stereocenters. The quantitative estimate of drug-likeness (QED) is 0.356. The van der Waals surface area contributed by atoms with E-state index in [-0.39, 0.29) is 11.6 Å². The summed E-state index contributed by atoms with van der Waals surface area (Å²) in [4.78, 5) is 21.2. The molecule has 1 amide bonds. The standard InChI is InChI=1S/C26H27N7O/c1-17(20-6-11-24(28-15-20)30-21-7-8-21)12-13-27-18(2)26(34)31-22-5-3-4-19(14-22)25-32-29-16-33(25)23-9-10-23/h3-6,11-16,21,23H,2,7-10H2,1H3,(H,28,30)(H,31,34)/b17-12+,27-13?. The number of amides is 1. The highest BCUT2D eigenvalue weighted by Crippen LogP contribution is 2.37. The lowest BCUT2D eigenvalue weighted by atomic mass is 10.1. The van der Waals surface area contributed by atoms with Crippen LogP contribution in [0, 0.1) is 0 Å². The zero-order valence-corrected chi connectivity index (χ0v) is 19.1. The molecule has 2 aliphatic rings. The molecule has 34 heavy (non-hydrogen) atoms. The number of benzene rings is 1. The summed E-state index contributed by atoms with van der Waals surface area (Å²) in [5.74, 6) is 1.34. The number of anilines is 2. The SMILES string of the molecule is C=C(N=C/C=C(\C)c1ccc(NC2CC2)nc1)C(=O)Nc1cccc(-c2nncn2C2CC2)c1. The highest BCUT2D eigenvalue weighted by molar-refractivity contribution is 6.04. The van der Waals surface area contributed by atoms with Crippen molar-refractivity contribution >= 4 is 29.2 Å². The number of allylic oxidation sites excluding steroid dienone is 2. The van der Waals surface area contributed by atoms with Crippen LogP contribution in [0.4, 0.5) is 11.5 Å². The van der Waals surface area contributed by atoms with E-state index in [0.29, 0.717) is 17.8 Å². The van der Waals surface area contributed by atoms with E-state index in [1.54, 1.807) is 12.5 Å². The molecule has 0 atom stereocenters. The van der Waals surface area contributed by atoms with Gasteiger partial charge in [0.1, 0.15) is 17.8 Å². The van der Waals surface area contributed by atoms with Crippen LogP contribution in [0.1, 0.15) is 44.2 Å². The van der Waals surface area contributed by atoms with Gasteiger partial charge in [0.2, 0.25) is 0 Å². The van der Waals surface area contributed by atoms with Crippen molar-refractivity contribution in [1.82, 2.24) is 19.7 Å². The van der Waals surface area contributed by atoms with E-state index in [1.165, 1.54) is 12.8 Å². The number of aromatic nitrogens is 4. The fourth-order valence-electron chi connectivity index (χ4n) is 3.55. The van der Waals surface area contributed by atoms with Crippen LogP contribution in [0.5, 0.6) is 0 Å². The van der Waals surface area contributed by atoms with E-state index >= 15 is 0 Å². The molecular formula is C26H27N7O. The van der Waals surface area contributed by atoms with Gasteiger partial charge in [0.15, 0.2) is 5.82 Å². The first-order valence-corrected chi connectivity index (χ1v) is 11.5. The second kappa shape index (κ2) is 9.43. The van der Waals surface area contributed by atoms with Gasteiger partial charge in [0, 0.05) is 35.7 Å². The maximum absolute atomic E-state index is 12.6. The average molecular weight is 454 g/mol. The third-order valence-corrected chi connectivity index (χ3v) is 5.86. The summed E-state index contributed by atoms with van der Waals surface area (Å²) < 4.78 is 2.09. The molecule has 2 heterocycles. The lowest BCUT2D eigenvalue weighted by Crippen LogP contribution is -2.12. The Kier molecular flexibility index (Phi) is 6.03. The third-order valence-electron chi connectivity index (χ3n) is 5.86. The highest BCUT2D eigenvalue weighted by atomic mass is 16.2. The summed E-state index contributed by atoms with van der Waals surface area (Å²) in [6, 6.07) is 12.6. The van der Waals surface area contributed by atoms with Gasteiger partial charge in [-0.05, 0) is 74.1 Å². The molecule has 172 valence electrons. The predicted molar refractivity (Wildman–Crippen MR) is 135 cm³/mol. The molecule has 2 N–H and O–H groups in total. The summed E-state index contributed by atoms with van der Waals surface area (Å²) in [6.07, 6.45) is 11.7. The minimum atomic E-state index is -0.361. The van der Waals surface area contributed by atoms with Gasteiger partial charge < -0.3 is 15.2 Å². The highest BCUT2D eigenvalue weighted by Gasteiger charge is 2.26. The Morgan fingerprint density at radius 1 is 1.21 bits per heavy atom. The molecule has 1 aromatic carbocycles. The van der Waals surface area contributed by atoms with Crippen molar-refractivity contribution in [3.05, 3.63) is 72.8 Å². The minimum absolute atomic E-state index is 0.123. The normalized spacial score (nSPS) is 16.0. The number of hydrogen-bond acceptors (Lipinski definition) is 6. The van der Waals surface area contributed by atoms with Crippen molar-refractivity contribution in [2.75, 3.05) is 10.6 Å². The lowest BCUT2D eigenvalue weighted by Gasteiger charge is -2.08. The van der Waals surface area contributed by atoms with Crippen molar-refractivity contribution in [1.29, 1.82) is 0 Å². The molecule has 2 aromatic heterocycles. The topological polar surface area (TPSA) is 97.1 Å². The Hall–Kier alpha value is -4.07. The first-order valence-electron chi connectivity index (χ1n) is 11.5. The number of nitrogens with zero attached hydrogens (tertiary/aromatic N) is 5. The summed E-state index contributed by atoms with van der Waals surface area (Å²) in [7, 11) is 0.